The lowest BCUT2D eigenvalue weighted by molar-refractivity contribution is -0.132. The number of benzene rings is 1. The molecule has 162 valence electrons. The second kappa shape index (κ2) is 8.65. The molecule has 30 heavy (non-hydrogen) atoms. The highest BCUT2D eigenvalue weighted by Gasteiger charge is 2.28. The molecular weight excluding hydrogens is 434 g/mol. The number of hydrogen-bond acceptors (Lipinski definition) is 6. The van der Waals surface area contributed by atoms with Gasteiger partial charge in [0.05, 0.1) is 10.8 Å². The number of aryl methyl sites for hydroxylation is 1. The molecule has 1 aromatic carbocycles. The van der Waals surface area contributed by atoms with Gasteiger partial charge in [-0.1, -0.05) is 18.5 Å². The Bertz CT molecular complexity index is 1150. The second-order valence-electron chi connectivity index (χ2n) is 6.96. The number of nitrogens with zero attached hydrogens (tertiary/aromatic N) is 2. The van der Waals surface area contributed by atoms with Crippen LogP contribution in [0.4, 0.5) is 0 Å². The first-order valence-electron chi connectivity index (χ1n) is 9.42. The number of amides is 1. The number of rotatable bonds is 7. The molecule has 1 aromatic heterocycles. The molecule has 0 unspecified atom stereocenters. The number of carbonyl (C=O) groups is 2. The standard InChI is InChI=1S/C19H22ClN3O6S/c1-3-30(27,28)14-7-6-12(17(25)13-10-22(2)21-19(13)26)16(20)18(14)29-11-15(24)23-8-4-5-9-23/h6-7,10H,3-5,8-9,11H2,1-2H3,(H,21,26). The minimum absolute atomic E-state index is 0.0907. The molecule has 9 nitrogen and oxygen atoms in total. The van der Waals surface area contributed by atoms with E-state index in [2.05, 4.69) is 5.10 Å². The van der Waals surface area contributed by atoms with Crippen LogP contribution < -0.4 is 10.3 Å². The van der Waals surface area contributed by atoms with Gasteiger partial charge in [0.1, 0.15) is 10.5 Å². The van der Waals surface area contributed by atoms with Gasteiger partial charge in [0.15, 0.2) is 22.2 Å². The first-order chi connectivity index (χ1) is 14.2. The molecule has 1 saturated heterocycles. The fourth-order valence-electron chi connectivity index (χ4n) is 3.25. The van der Waals surface area contributed by atoms with Gasteiger partial charge in [-0.25, -0.2) is 8.42 Å². The van der Waals surface area contributed by atoms with Crippen LogP contribution in [0.5, 0.6) is 5.75 Å². The van der Waals surface area contributed by atoms with E-state index < -0.39 is 27.8 Å². The number of aromatic nitrogens is 2. The van der Waals surface area contributed by atoms with Crippen LogP contribution in [-0.2, 0) is 21.7 Å². The largest absolute Gasteiger partial charge is 0.481 e. The number of halogens is 1. The number of sulfone groups is 1. The zero-order valence-corrected chi connectivity index (χ0v) is 18.2. The summed E-state index contributed by atoms with van der Waals surface area (Å²) in [7, 11) is -2.20. The van der Waals surface area contributed by atoms with Crippen LogP contribution in [0.1, 0.15) is 35.7 Å². The maximum absolute atomic E-state index is 12.8. The normalized spacial score (nSPS) is 14.2. The summed E-state index contributed by atoms with van der Waals surface area (Å²) in [6.45, 7) is 2.29. The van der Waals surface area contributed by atoms with Crippen molar-refractivity contribution in [2.75, 3.05) is 25.4 Å². The van der Waals surface area contributed by atoms with Gasteiger partial charge in [0.25, 0.3) is 11.5 Å². The van der Waals surface area contributed by atoms with Crippen molar-refractivity contribution in [2.45, 2.75) is 24.7 Å². The summed E-state index contributed by atoms with van der Waals surface area (Å²) in [5, 5.41) is 2.17. The Kier molecular flexibility index (Phi) is 6.37. The topological polar surface area (TPSA) is 119 Å². The van der Waals surface area contributed by atoms with Gasteiger partial charge in [-0.05, 0) is 25.0 Å². The van der Waals surface area contributed by atoms with E-state index in [1.165, 1.54) is 29.9 Å². The number of aromatic amines is 1. The Hall–Kier alpha value is -2.59. The van der Waals surface area contributed by atoms with E-state index in [9.17, 15) is 22.8 Å². The number of carbonyl (C=O) groups excluding carboxylic acids is 2. The highest BCUT2D eigenvalue weighted by Crippen LogP contribution is 2.36. The van der Waals surface area contributed by atoms with Crippen molar-refractivity contribution in [1.29, 1.82) is 0 Å². The summed E-state index contributed by atoms with van der Waals surface area (Å²) in [5.74, 6) is -1.45. The lowest BCUT2D eigenvalue weighted by Gasteiger charge is -2.18. The Morgan fingerprint density at radius 1 is 1.20 bits per heavy atom. The number of ether oxygens (including phenoxy) is 1. The number of H-pyrrole nitrogens is 1. The van der Waals surface area contributed by atoms with Gasteiger partial charge in [-0.2, -0.15) is 0 Å². The summed E-state index contributed by atoms with van der Waals surface area (Å²) in [5.41, 5.74) is -0.841. The molecule has 2 heterocycles. The van der Waals surface area contributed by atoms with E-state index in [1.807, 2.05) is 0 Å². The lowest BCUT2D eigenvalue weighted by Crippen LogP contribution is -2.32. The summed E-state index contributed by atoms with van der Waals surface area (Å²) in [4.78, 5) is 38.6. The van der Waals surface area contributed by atoms with Crippen molar-refractivity contribution in [2.24, 2.45) is 7.05 Å². The predicted octanol–water partition coefficient (Wildman–Crippen LogP) is 1.39. The Morgan fingerprint density at radius 3 is 2.43 bits per heavy atom. The minimum Gasteiger partial charge on any atom is -0.481 e. The van der Waals surface area contributed by atoms with E-state index in [4.69, 9.17) is 16.3 Å². The first-order valence-corrected chi connectivity index (χ1v) is 11.4. The third kappa shape index (κ3) is 4.29. The van der Waals surface area contributed by atoms with Crippen molar-refractivity contribution in [1.82, 2.24) is 14.7 Å². The molecular formula is C19H22ClN3O6S. The number of nitrogens with one attached hydrogen (secondary N) is 1. The van der Waals surface area contributed by atoms with Gasteiger partial charge >= 0.3 is 0 Å². The zero-order chi connectivity index (χ0) is 22.1. The molecule has 3 rings (SSSR count). The monoisotopic (exact) mass is 455 g/mol. The quantitative estimate of drug-likeness (QED) is 0.630. The van der Waals surface area contributed by atoms with Gasteiger partial charge in [0.2, 0.25) is 5.78 Å². The molecule has 0 atom stereocenters. The molecule has 1 fully saturated rings. The van der Waals surface area contributed by atoms with Crippen molar-refractivity contribution in [3.63, 3.8) is 0 Å². The fraction of sp³-hybridized carbons (Fsp3) is 0.421. The Morgan fingerprint density at radius 2 is 1.87 bits per heavy atom. The molecule has 0 radical (unpaired) electrons. The maximum Gasteiger partial charge on any atom is 0.275 e. The van der Waals surface area contributed by atoms with Gasteiger partial charge in [-0.15, -0.1) is 0 Å². The van der Waals surface area contributed by atoms with Crippen molar-refractivity contribution in [3.8, 4) is 5.75 Å². The van der Waals surface area contributed by atoms with Crippen LogP contribution in [0.2, 0.25) is 5.02 Å². The van der Waals surface area contributed by atoms with Gasteiger partial charge in [-0.3, -0.25) is 24.2 Å². The maximum atomic E-state index is 12.8. The molecule has 1 aliphatic heterocycles. The van der Waals surface area contributed by atoms with E-state index in [0.29, 0.717) is 13.1 Å². The second-order valence-corrected chi connectivity index (χ2v) is 9.58. The number of ketones is 1. The Labute approximate surface area is 178 Å². The lowest BCUT2D eigenvalue weighted by atomic mass is 10.1. The molecule has 0 aliphatic carbocycles. The third-order valence-corrected chi connectivity index (χ3v) is 7.04. The van der Waals surface area contributed by atoms with Gasteiger partial charge in [0, 0.05) is 31.9 Å². The molecule has 1 amide bonds. The highest BCUT2D eigenvalue weighted by molar-refractivity contribution is 7.91. The minimum atomic E-state index is -3.75. The molecule has 2 aromatic rings. The van der Waals surface area contributed by atoms with Crippen LogP contribution in [-0.4, -0.2) is 60.2 Å². The smallest absolute Gasteiger partial charge is 0.275 e. The van der Waals surface area contributed by atoms with E-state index >= 15 is 0 Å². The third-order valence-electron chi connectivity index (χ3n) is 4.91. The van der Waals surface area contributed by atoms with Crippen LogP contribution in [0, 0.1) is 0 Å². The number of likely N-dealkylation sites (tertiary alicyclic amines) is 1. The fourth-order valence-corrected chi connectivity index (χ4v) is 4.64. The first kappa shape index (κ1) is 22.1. The van der Waals surface area contributed by atoms with Crippen LogP contribution in [0.15, 0.2) is 28.0 Å². The average Bonchev–Trinajstić information content (AvgIpc) is 3.35. The van der Waals surface area contributed by atoms with Crippen LogP contribution in [0.25, 0.3) is 0 Å². The molecule has 1 N–H and O–H groups in total. The highest BCUT2D eigenvalue weighted by atomic mass is 35.5. The Balaban J connectivity index is 2.01. The van der Waals surface area contributed by atoms with Crippen LogP contribution >= 0.6 is 11.6 Å². The van der Waals surface area contributed by atoms with Gasteiger partial charge < -0.3 is 9.64 Å². The van der Waals surface area contributed by atoms with Crippen molar-refractivity contribution in [3.05, 3.63) is 44.8 Å². The van der Waals surface area contributed by atoms with E-state index in [-0.39, 0.29) is 38.5 Å². The zero-order valence-electron chi connectivity index (χ0n) is 16.6. The molecule has 11 heteroatoms. The molecule has 1 aliphatic rings. The predicted molar refractivity (Wildman–Crippen MR) is 110 cm³/mol. The van der Waals surface area contributed by atoms with E-state index in [1.54, 1.807) is 11.9 Å². The van der Waals surface area contributed by atoms with Crippen molar-refractivity contribution < 1.29 is 22.7 Å². The number of hydrogen-bond donors (Lipinski definition) is 1. The SMILES string of the molecule is CCS(=O)(=O)c1ccc(C(=O)c2cn(C)[nH]c2=O)c(Cl)c1OCC(=O)N1CCCC1. The van der Waals surface area contributed by atoms with E-state index in [0.717, 1.165) is 12.8 Å². The van der Waals surface area contributed by atoms with Crippen molar-refractivity contribution >= 4 is 33.1 Å². The summed E-state index contributed by atoms with van der Waals surface area (Å²) >= 11 is 6.37. The van der Waals surface area contributed by atoms with Crippen LogP contribution in [0.3, 0.4) is 0 Å². The summed E-state index contributed by atoms with van der Waals surface area (Å²) < 4.78 is 31.9. The average molecular weight is 456 g/mol. The summed E-state index contributed by atoms with van der Waals surface area (Å²) in [6.07, 6.45) is 3.12. The summed E-state index contributed by atoms with van der Waals surface area (Å²) in [6, 6.07) is 2.46. The molecule has 0 bridgehead atoms. The molecule has 0 saturated carbocycles. The molecule has 0 spiro atoms.